The van der Waals surface area contributed by atoms with Crippen LogP contribution in [0.1, 0.15) is 86.0 Å². The Balaban J connectivity index is 1.59. The Morgan fingerprint density at radius 1 is 1.19 bits per heavy atom. The molecule has 0 aromatic rings. The third-order valence-electron chi connectivity index (χ3n) is 10.2. The van der Waals surface area contributed by atoms with E-state index in [1.807, 2.05) is 13.0 Å². The first-order valence-corrected chi connectivity index (χ1v) is 12.8. The highest BCUT2D eigenvalue weighted by atomic mass is 16.5. The minimum absolute atomic E-state index is 0.213. The van der Waals surface area contributed by atoms with Crippen molar-refractivity contribution >= 4 is 11.8 Å². The van der Waals surface area contributed by atoms with E-state index in [1.54, 1.807) is 6.08 Å². The Bertz CT molecular complexity index is 779. The molecular weight excluding hydrogens is 384 g/mol. The zero-order valence-corrected chi connectivity index (χ0v) is 20.3. The molecule has 0 N–H and O–H groups in total. The van der Waals surface area contributed by atoms with E-state index in [2.05, 4.69) is 33.8 Å². The van der Waals surface area contributed by atoms with Gasteiger partial charge in [-0.1, -0.05) is 45.8 Å². The largest absolute Gasteiger partial charge is 0.463 e. The predicted molar refractivity (Wildman–Crippen MR) is 124 cm³/mol. The number of ketones is 1. The average Bonchev–Trinajstić information content (AvgIpc) is 3.09. The van der Waals surface area contributed by atoms with Gasteiger partial charge in [0.15, 0.2) is 5.78 Å². The van der Waals surface area contributed by atoms with Crippen LogP contribution in [0.4, 0.5) is 0 Å². The molecule has 0 aromatic carbocycles. The zero-order chi connectivity index (χ0) is 22.4. The van der Waals surface area contributed by atoms with Gasteiger partial charge in [-0.15, -0.1) is 0 Å². The van der Waals surface area contributed by atoms with Crippen LogP contribution in [0, 0.1) is 46.3 Å². The van der Waals surface area contributed by atoms with Gasteiger partial charge < -0.3 is 4.74 Å². The topological polar surface area (TPSA) is 43.4 Å². The summed E-state index contributed by atoms with van der Waals surface area (Å²) in [6, 6.07) is 0. The first-order chi connectivity index (χ1) is 14.7. The standard InChI is InChI=1S/C28H42O3/c1-6-19-16-20-17-21(29)12-14-27(20,4)24-13-15-28(5)22(9-10-23(28)26(19)24)18(3)8-11-25(30)31-7-2/h8,11,17-19,22-24,26H,6-7,9-10,12-16H2,1-5H3/b11-8+/t18-,19?,22?,23?,24?,26?,27+,28-/m1/s1. The number of carbonyl (C=O) groups is 2. The summed E-state index contributed by atoms with van der Waals surface area (Å²) in [5, 5.41) is 0. The molecule has 3 heteroatoms. The highest BCUT2D eigenvalue weighted by Crippen LogP contribution is 2.69. The first kappa shape index (κ1) is 22.8. The lowest BCUT2D eigenvalue weighted by molar-refractivity contribution is -0.137. The molecule has 0 amide bonds. The SMILES string of the molecule is CCOC(=O)/C=C/[C@@H](C)C1CCC2C3C(CC)CC4=CC(=O)CC[C@]4(C)C3CC[C@@]21C. The average molecular weight is 427 g/mol. The molecule has 31 heavy (non-hydrogen) atoms. The lowest BCUT2D eigenvalue weighted by Crippen LogP contribution is -2.53. The van der Waals surface area contributed by atoms with Crippen molar-refractivity contribution in [3.8, 4) is 0 Å². The Morgan fingerprint density at radius 3 is 2.68 bits per heavy atom. The number of hydrogen-bond donors (Lipinski definition) is 0. The third kappa shape index (κ3) is 3.74. The molecule has 0 spiro atoms. The van der Waals surface area contributed by atoms with Crippen LogP contribution < -0.4 is 0 Å². The van der Waals surface area contributed by atoms with Crippen LogP contribution in [-0.2, 0) is 14.3 Å². The number of fused-ring (bicyclic) bond motifs is 5. The molecule has 0 heterocycles. The number of carbonyl (C=O) groups excluding carboxylic acids is 2. The fourth-order valence-electron chi connectivity index (χ4n) is 8.58. The van der Waals surface area contributed by atoms with Crippen molar-refractivity contribution < 1.29 is 14.3 Å². The van der Waals surface area contributed by atoms with E-state index in [1.165, 1.54) is 37.7 Å². The van der Waals surface area contributed by atoms with Crippen LogP contribution in [0.15, 0.2) is 23.8 Å². The molecule has 8 atom stereocenters. The molecule has 4 aliphatic rings. The van der Waals surface area contributed by atoms with Gasteiger partial charge in [0.1, 0.15) is 0 Å². The lowest BCUT2D eigenvalue weighted by Gasteiger charge is -2.61. The van der Waals surface area contributed by atoms with Gasteiger partial charge in [0, 0.05) is 12.5 Å². The summed E-state index contributed by atoms with van der Waals surface area (Å²) in [6.07, 6.45) is 15.1. The Kier molecular flexibility index (Phi) is 6.27. The van der Waals surface area contributed by atoms with Gasteiger partial charge in [0.25, 0.3) is 0 Å². The van der Waals surface area contributed by atoms with Gasteiger partial charge >= 0.3 is 5.97 Å². The van der Waals surface area contributed by atoms with Crippen molar-refractivity contribution in [2.24, 2.45) is 46.3 Å². The first-order valence-electron chi connectivity index (χ1n) is 12.8. The fraction of sp³-hybridized carbons (Fsp3) is 0.786. The summed E-state index contributed by atoms with van der Waals surface area (Å²) in [7, 11) is 0. The van der Waals surface area contributed by atoms with Crippen LogP contribution in [0.2, 0.25) is 0 Å². The molecule has 5 unspecified atom stereocenters. The van der Waals surface area contributed by atoms with Crippen LogP contribution in [0.5, 0.6) is 0 Å². The summed E-state index contributed by atoms with van der Waals surface area (Å²) >= 11 is 0. The van der Waals surface area contributed by atoms with Crippen molar-refractivity contribution in [1.29, 1.82) is 0 Å². The van der Waals surface area contributed by atoms with Crippen LogP contribution in [0.3, 0.4) is 0 Å². The van der Waals surface area contributed by atoms with Gasteiger partial charge in [0.2, 0.25) is 0 Å². The lowest BCUT2D eigenvalue weighted by atomic mass is 9.44. The van der Waals surface area contributed by atoms with Crippen molar-refractivity contribution in [3.63, 3.8) is 0 Å². The second-order valence-electron chi connectivity index (χ2n) is 11.4. The second-order valence-corrected chi connectivity index (χ2v) is 11.4. The number of esters is 1. The molecule has 4 aliphatic carbocycles. The van der Waals surface area contributed by atoms with E-state index >= 15 is 0 Å². The quantitative estimate of drug-likeness (QED) is 0.371. The minimum Gasteiger partial charge on any atom is -0.463 e. The van der Waals surface area contributed by atoms with Crippen LogP contribution in [0.25, 0.3) is 0 Å². The van der Waals surface area contributed by atoms with E-state index in [9.17, 15) is 9.59 Å². The molecule has 172 valence electrons. The summed E-state index contributed by atoms with van der Waals surface area (Å²) < 4.78 is 5.10. The maximum absolute atomic E-state index is 12.2. The summed E-state index contributed by atoms with van der Waals surface area (Å²) in [4.78, 5) is 24.1. The van der Waals surface area contributed by atoms with E-state index in [4.69, 9.17) is 4.74 Å². The van der Waals surface area contributed by atoms with E-state index in [0.717, 1.165) is 37.0 Å². The molecule has 3 saturated carbocycles. The van der Waals surface area contributed by atoms with Gasteiger partial charge in [-0.05, 0) is 97.9 Å². The molecule has 0 radical (unpaired) electrons. The van der Waals surface area contributed by atoms with Crippen LogP contribution >= 0.6 is 0 Å². The maximum Gasteiger partial charge on any atom is 0.330 e. The number of allylic oxidation sites excluding steroid dienone is 2. The smallest absolute Gasteiger partial charge is 0.330 e. The van der Waals surface area contributed by atoms with Crippen molar-refractivity contribution in [2.75, 3.05) is 6.61 Å². The summed E-state index contributed by atoms with van der Waals surface area (Å²) in [5.74, 6) is 4.18. The molecule has 3 nitrogen and oxygen atoms in total. The van der Waals surface area contributed by atoms with Gasteiger partial charge in [-0.3, -0.25) is 4.79 Å². The van der Waals surface area contributed by atoms with E-state index in [0.29, 0.717) is 35.6 Å². The highest BCUT2D eigenvalue weighted by Gasteiger charge is 2.61. The molecule has 3 fully saturated rings. The van der Waals surface area contributed by atoms with Gasteiger partial charge in [-0.25, -0.2) is 4.79 Å². The summed E-state index contributed by atoms with van der Waals surface area (Å²) in [6.45, 7) is 12.0. The minimum atomic E-state index is -0.213. The van der Waals surface area contributed by atoms with Crippen molar-refractivity contribution in [3.05, 3.63) is 23.8 Å². The summed E-state index contributed by atoms with van der Waals surface area (Å²) in [5.41, 5.74) is 2.06. The van der Waals surface area contributed by atoms with Gasteiger partial charge in [0.05, 0.1) is 6.61 Å². The zero-order valence-electron chi connectivity index (χ0n) is 20.3. The molecule has 0 bridgehead atoms. The Labute approximate surface area is 189 Å². The maximum atomic E-state index is 12.2. The van der Waals surface area contributed by atoms with Crippen LogP contribution in [-0.4, -0.2) is 18.4 Å². The normalized spacial score (nSPS) is 43.1. The van der Waals surface area contributed by atoms with Crippen molar-refractivity contribution in [1.82, 2.24) is 0 Å². The third-order valence-corrected chi connectivity index (χ3v) is 10.2. The van der Waals surface area contributed by atoms with Crippen molar-refractivity contribution in [2.45, 2.75) is 86.0 Å². The number of rotatable bonds is 5. The molecule has 0 aliphatic heterocycles. The molecule has 0 saturated heterocycles. The molecule has 0 aromatic heterocycles. The molecule has 4 rings (SSSR count). The Morgan fingerprint density at radius 2 is 1.97 bits per heavy atom. The fourth-order valence-corrected chi connectivity index (χ4v) is 8.58. The second kappa shape index (κ2) is 8.52. The number of hydrogen-bond acceptors (Lipinski definition) is 3. The monoisotopic (exact) mass is 426 g/mol. The molecular formula is C28H42O3. The number of ether oxygens (including phenoxy) is 1. The van der Waals surface area contributed by atoms with Gasteiger partial charge in [-0.2, -0.15) is 0 Å². The predicted octanol–water partition coefficient (Wildman–Crippen LogP) is 6.53. The van der Waals surface area contributed by atoms with E-state index in [-0.39, 0.29) is 11.4 Å². The Hall–Kier alpha value is -1.38. The van der Waals surface area contributed by atoms with E-state index < -0.39 is 0 Å². The highest BCUT2D eigenvalue weighted by molar-refractivity contribution is 5.91.